The minimum Gasteiger partial charge on any atom is -0.507 e. The Balaban J connectivity index is 1.43. The Bertz CT molecular complexity index is 1610. The Kier molecular flexibility index (Phi) is 6.72. The molecule has 1 atom stereocenters. The van der Waals surface area contributed by atoms with E-state index in [-0.39, 0.29) is 12.2 Å². The van der Waals surface area contributed by atoms with Gasteiger partial charge in [-0.25, -0.2) is 19.7 Å². The van der Waals surface area contributed by atoms with Gasteiger partial charge in [0.2, 0.25) is 5.88 Å². The average Bonchev–Trinajstić information content (AvgIpc) is 3.61. The van der Waals surface area contributed by atoms with Crippen molar-refractivity contribution in [2.45, 2.75) is 12.5 Å². The van der Waals surface area contributed by atoms with Crippen molar-refractivity contribution in [3.63, 3.8) is 0 Å². The van der Waals surface area contributed by atoms with Gasteiger partial charge in [-0.05, 0) is 36.4 Å². The third-order valence-corrected chi connectivity index (χ3v) is 6.05. The lowest BCUT2D eigenvalue weighted by Gasteiger charge is -2.15. The van der Waals surface area contributed by atoms with Crippen LogP contribution in [-0.4, -0.2) is 62.2 Å². The number of amides is 1. The second kappa shape index (κ2) is 10.4. The Hall–Kier alpha value is -5.19. The zero-order chi connectivity index (χ0) is 26.6. The van der Waals surface area contributed by atoms with Gasteiger partial charge in [0.15, 0.2) is 0 Å². The van der Waals surface area contributed by atoms with Crippen LogP contribution in [-0.2, 0) is 16.0 Å². The molecule has 11 heteroatoms. The summed E-state index contributed by atoms with van der Waals surface area (Å²) >= 11 is 0. The molecule has 38 heavy (non-hydrogen) atoms. The van der Waals surface area contributed by atoms with Crippen LogP contribution in [0.25, 0.3) is 33.5 Å². The summed E-state index contributed by atoms with van der Waals surface area (Å²) in [5, 5.41) is 13.8. The van der Waals surface area contributed by atoms with Gasteiger partial charge >= 0.3 is 5.97 Å². The van der Waals surface area contributed by atoms with Crippen LogP contribution in [0.5, 0.6) is 11.6 Å². The second-order valence-corrected chi connectivity index (χ2v) is 8.39. The first-order valence-corrected chi connectivity index (χ1v) is 11.7. The molecule has 0 saturated carbocycles. The maximum Gasteiger partial charge on any atom is 0.328 e. The summed E-state index contributed by atoms with van der Waals surface area (Å²) in [7, 11) is 2.78. The number of methoxy groups -OCH3 is 2. The van der Waals surface area contributed by atoms with E-state index < -0.39 is 17.9 Å². The number of carbonyl (C=O) groups is 2. The number of aromatic nitrogens is 5. The van der Waals surface area contributed by atoms with Crippen LogP contribution >= 0.6 is 0 Å². The highest BCUT2D eigenvalue weighted by Gasteiger charge is 2.24. The Morgan fingerprint density at radius 2 is 1.87 bits per heavy atom. The summed E-state index contributed by atoms with van der Waals surface area (Å²) in [6.07, 6.45) is 4.93. The van der Waals surface area contributed by atoms with Gasteiger partial charge in [0.05, 0.1) is 42.8 Å². The average molecular weight is 513 g/mol. The van der Waals surface area contributed by atoms with Crippen molar-refractivity contribution in [1.82, 2.24) is 30.2 Å². The number of aromatic amines is 2. The number of hydrogen-bond acceptors (Lipinski definition) is 8. The van der Waals surface area contributed by atoms with E-state index in [0.717, 1.165) is 0 Å². The summed E-state index contributed by atoms with van der Waals surface area (Å²) in [6, 6.07) is 12.9. The van der Waals surface area contributed by atoms with Crippen molar-refractivity contribution in [2.75, 3.05) is 14.2 Å². The lowest BCUT2D eigenvalue weighted by Crippen LogP contribution is -2.43. The van der Waals surface area contributed by atoms with Gasteiger partial charge in [0.25, 0.3) is 5.91 Å². The highest BCUT2D eigenvalue weighted by molar-refractivity contribution is 5.99. The fourth-order valence-electron chi connectivity index (χ4n) is 4.18. The number of phenolic OH excluding ortho intramolecular Hbond substituents is 1. The number of aromatic hydroxyl groups is 1. The van der Waals surface area contributed by atoms with Gasteiger partial charge in [0.1, 0.15) is 17.6 Å². The highest BCUT2D eigenvalue weighted by Crippen LogP contribution is 2.40. The third-order valence-electron chi connectivity index (χ3n) is 6.05. The normalized spacial score (nSPS) is 11.7. The number of imidazole rings is 2. The number of H-pyrrole nitrogens is 2. The van der Waals surface area contributed by atoms with E-state index in [1.165, 1.54) is 20.5 Å². The molecule has 3 aromatic heterocycles. The van der Waals surface area contributed by atoms with Crippen LogP contribution in [0.2, 0.25) is 0 Å². The van der Waals surface area contributed by atoms with Crippen LogP contribution in [0, 0.1) is 0 Å². The van der Waals surface area contributed by atoms with E-state index in [9.17, 15) is 14.7 Å². The van der Waals surface area contributed by atoms with E-state index in [0.29, 0.717) is 50.7 Å². The molecule has 0 aliphatic rings. The first-order valence-electron chi connectivity index (χ1n) is 11.7. The molecule has 0 fully saturated rings. The summed E-state index contributed by atoms with van der Waals surface area (Å²) in [4.78, 5) is 44.2. The minimum atomic E-state index is -0.909. The SMILES string of the molecule is COC(=O)[C@H](Cc1c[nH]cn1)NC(=O)c1ccc2nc(-c3cccc(-c4cccnc4OC)c3O)[nH]c2c1. The topological polar surface area (TPSA) is 155 Å². The van der Waals surface area contributed by atoms with E-state index in [1.807, 2.05) is 6.07 Å². The largest absolute Gasteiger partial charge is 0.507 e. The molecule has 11 nitrogen and oxygen atoms in total. The van der Waals surface area contributed by atoms with Crippen LogP contribution in [0.4, 0.5) is 0 Å². The lowest BCUT2D eigenvalue weighted by molar-refractivity contribution is -0.142. The molecule has 0 aliphatic heterocycles. The Morgan fingerprint density at radius 1 is 1.05 bits per heavy atom. The molecule has 5 rings (SSSR count). The predicted octanol–water partition coefficient (Wildman–Crippen LogP) is 3.24. The number of nitrogens with zero attached hydrogens (tertiary/aromatic N) is 3. The minimum absolute atomic E-state index is 0.00936. The molecule has 0 unspecified atom stereocenters. The molecule has 3 heterocycles. The first kappa shape index (κ1) is 24.5. The number of fused-ring (bicyclic) bond motifs is 1. The molecule has 2 aromatic carbocycles. The third kappa shape index (κ3) is 4.76. The van der Waals surface area contributed by atoms with Crippen molar-refractivity contribution in [1.29, 1.82) is 0 Å². The monoisotopic (exact) mass is 512 g/mol. The van der Waals surface area contributed by atoms with Crippen LogP contribution in [0.15, 0.2) is 67.3 Å². The molecule has 0 saturated heterocycles. The molecular formula is C27H24N6O5. The van der Waals surface area contributed by atoms with E-state index in [2.05, 4.69) is 30.2 Å². The number of para-hydroxylation sites is 1. The van der Waals surface area contributed by atoms with Gasteiger partial charge in [-0.1, -0.05) is 12.1 Å². The smallest absolute Gasteiger partial charge is 0.328 e. The standard InChI is InChI=1S/C27H24N6O5/c1-37-26-18(7-4-10-29-26)17-5-3-6-19(23(17)34)24-31-20-9-8-15(11-21(20)32-24)25(35)33-22(27(36)38-2)12-16-13-28-14-30-16/h3-11,13-14,22,34H,12H2,1-2H3,(H,28,30)(H,31,32)(H,33,35)/t22-/m0/s1. The molecule has 0 spiro atoms. The molecule has 0 aliphatic carbocycles. The van der Waals surface area contributed by atoms with E-state index in [4.69, 9.17) is 9.47 Å². The van der Waals surface area contributed by atoms with Gasteiger partial charge in [-0.3, -0.25) is 4.79 Å². The molecule has 4 N–H and O–H groups in total. The van der Waals surface area contributed by atoms with Gasteiger partial charge < -0.3 is 29.9 Å². The number of ether oxygens (including phenoxy) is 2. The maximum absolute atomic E-state index is 13.0. The van der Waals surface area contributed by atoms with Crippen LogP contribution in [0.3, 0.4) is 0 Å². The van der Waals surface area contributed by atoms with Crippen LogP contribution in [0.1, 0.15) is 16.1 Å². The van der Waals surface area contributed by atoms with E-state index in [1.54, 1.807) is 54.9 Å². The second-order valence-electron chi connectivity index (χ2n) is 8.39. The van der Waals surface area contributed by atoms with Gasteiger partial charge in [-0.15, -0.1) is 0 Å². The highest BCUT2D eigenvalue weighted by atomic mass is 16.5. The Morgan fingerprint density at radius 3 is 2.63 bits per heavy atom. The first-order chi connectivity index (χ1) is 18.5. The number of benzene rings is 2. The Labute approximate surface area is 216 Å². The summed E-state index contributed by atoms with van der Waals surface area (Å²) in [6.45, 7) is 0. The number of esters is 1. The fourth-order valence-corrected chi connectivity index (χ4v) is 4.18. The van der Waals surface area contributed by atoms with E-state index >= 15 is 0 Å². The van der Waals surface area contributed by atoms with Crippen molar-refractivity contribution in [3.05, 3.63) is 78.5 Å². The molecule has 5 aromatic rings. The number of phenols is 1. The lowest BCUT2D eigenvalue weighted by atomic mass is 10.0. The van der Waals surface area contributed by atoms with Crippen LogP contribution < -0.4 is 10.1 Å². The van der Waals surface area contributed by atoms with Crippen molar-refractivity contribution in [2.24, 2.45) is 0 Å². The molecule has 0 bridgehead atoms. The number of rotatable bonds is 8. The summed E-state index contributed by atoms with van der Waals surface area (Å²) in [5.41, 5.74) is 3.76. The number of nitrogens with one attached hydrogen (secondary N) is 3. The molecule has 192 valence electrons. The zero-order valence-electron chi connectivity index (χ0n) is 20.6. The fraction of sp³-hybridized carbons (Fsp3) is 0.148. The molecule has 0 radical (unpaired) electrons. The van der Waals surface area contributed by atoms with Crippen molar-refractivity contribution >= 4 is 22.9 Å². The quantitative estimate of drug-likeness (QED) is 0.231. The zero-order valence-corrected chi connectivity index (χ0v) is 20.6. The van der Waals surface area contributed by atoms with Gasteiger partial charge in [0, 0.05) is 35.5 Å². The summed E-state index contributed by atoms with van der Waals surface area (Å²) < 4.78 is 10.2. The van der Waals surface area contributed by atoms with Crippen molar-refractivity contribution < 1.29 is 24.2 Å². The molecule has 1 amide bonds. The number of hydrogen-bond donors (Lipinski definition) is 4. The van der Waals surface area contributed by atoms with Gasteiger partial charge in [-0.2, -0.15) is 0 Å². The van der Waals surface area contributed by atoms with Crippen molar-refractivity contribution in [3.8, 4) is 34.1 Å². The maximum atomic E-state index is 13.0. The summed E-state index contributed by atoms with van der Waals surface area (Å²) in [5.74, 6) is -0.215. The number of carbonyl (C=O) groups excluding carboxylic acids is 2. The number of pyridine rings is 1. The molecular weight excluding hydrogens is 488 g/mol. The predicted molar refractivity (Wildman–Crippen MR) is 139 cm³/mol.